The molecule has 1 aromatic carbocycles. The number of nitro groups is 1. The fourth-order valence-electron chi connectivity index (χ4n) is 1.42. The highest BCUT2D eigenvalue weighted by molar-refractivity contribution is 6.30. The fraction of sp³-hybridized carbons (Fsp3) is 0. The van der Waals surface area contributed by atoms with Crippen LogP contribution in [0, 0.1) is 10.1 Å². The first-order valence-corrected chi connectivity index (χ1v) is 5.66. The van der Waals surface area contributed by atoms with Gasteiger partial charge in [0.2, 0.25) is 5.88 Å². The van der Waals surface area contributed by atoms with Gasteiger partial charge in [0.15, 0.2) is 0 Å². The second-order valence-electron chi connectivity index (χ2n) is 3.66. The summed E-state index contributed by atoms with van der Waals surface area (Å²) in [5.74, 6) is -1.11. The quantitative estimate of drug-likeness (QED) is 0.686. The van der Waals surface area contributed by atoms with E-state index in [2.05, 4.69) is 4.98 Å². The van der Waals surface area contributed by atoms with Crippen LogP contribution in [0.3, 0.4) is 0 Å². The van der Waals surface area contributed by atoms with E-state index in [1.165, 1.54) is 0 Å². The molecule has 8 heteroatoms. The Morgan fingerprint density at radius 2 is 2.00 bits per heavy atom. The number of carbonyl (C=O) groups is 1. The topological polar surface area (TPSA) is 103 Å². The van der Waals surface area contributed by atoms with E-state index in [1.54, 1.807) is 24.3 Å². The van der Waals surface area contributed by atoms with Crippen LogP contribution in [0.2, 0.25) is 5.02 Å². The Hall–Kier alpha value is -2.67. The molecular formula is C12H7ClN2O5. The van der Waals surface area contributed by atoms with E-state index in [-0.39, 0.29) is 5.88 Å². The van der Waals surface area contributed by atoms with Crippen molar-refractivity contribution in [3.05, 3.63) is 57.2 Å². The van der Waals surface area contributed by atoms with Gasteiger partial charge in [-0.1, -0.05) is 11.6 Å². The summed E-state index contributed by atoms with van der Waals surface area (Å²) >= 11 is 5.71. The molecule has 0 spiro atoms. The van der Waals surface area contributed by atoms with Crippen LogP contribution in [0.1, 0.15) is 10.4 Å². The zero-order valence-corrected chi connectivity index (χ0v) is 10.6. The number of hydrogen-bond acceptors (Lipinski definition) is 5. The summed E-state index contributed by atoms with van der Waals surface area (Å²) in [6, 6.07) is 7.29. The minimum atomic E-state index is -1.43. The minimum absolute atomic E-state index is 0.0599. The molecule has 2 aromatic rings. The van der Waals surface area contributed by atoms with E-state index in [0.717, 1.165) is 12.3 Å². The lowest BCUT2D eigenvalue weighted by molar-refractivity contribution is -0.385. The molecule has 0 radical (unpaired) electrons. The Balaban J connectivity index is 2.34. The molecule has 102 valence electrons. The van der Waals surface area contributed by atoms with Gasteiger partial charge in [-0.2, -0.15) is 0 Å². The normalized spacial score (nSPS) is 10.1. The summed E-state index contributed by atoms with van der Waals surface area (Å²) in [5, 5.41) is 20.1. The van der Waals surface area contributed by atoms with Crippen LogP contribution in [0.15, 0.2) is 36.5 Å². The molecule has 0 saturated heterocycles. The highest BCUT2D eigenvalue weighted by Gasteiger charge is 2.21. The second-order valence-corrected chi connectivity index (χ2v) is 4.09. The number of pyridine rings is 1. The molecule has 0 aliphatic carbocycles. The van der Waals surface area contributed by atoms with Crippen molar-refractivity contribution in [2.75, 3.05) is 0 Å². The third-order valence-electron chi connectivity index (χ3n) is 2.32. The SMILES string of the molecule is O=C(O)c1cc(Oc2ccc(Cl)cc2)ncc1[N+](=O)[O-]. The molecule has 1 aromatic heterocycles. The number of aromatic nitrogens is 1. The fourth-order valence-corrected chi connectivity index (χ4v) is 1.55. The Kier molecular flexibility index (Phi) is 3.81. The molecule has 1 heterocycles. The number of hydrogen-bond donors (Lipinski definition) is 1. The van der Waals surface area contributed by atoms with Crippen molar-refractivity contribution in [1.82, 2.24) is 4.98 Å². The highest BCUT2D eigenvalue weighted by atomic mass is 35.5. The van der Waals surface area contributed by atoms with Gasteiger partial charge in [0.25, 0.3) is 0 Å². The van der Waals surface area contributed by atoms with Gasteiger partial charge < -0.3 is 9.84 Å². The smallest absolute Gasteiger partial charge is 0.342 e. The van der Waals surface area contributed by atoms with Crippen LogP contribution in [-0.2, 0) is 0 Å². The average Bonchev–Trinajstić information content (AvgIpc) is 2.41. The number of carboxylic acids is 1. The molecule has 0 atom stereocenters. The molecule has 0 saturated carbocycles. The van der Waals surface area contributed by atoms with Crippen LogP contribution in [0.5, 0.6) is 11.6 Å². The monoisotopic (exact) mass is 294 g/mol. The van der Waals surface area contributed by atoms with Crippen LogP contribution in [0.4, 0.5) is 5.69 Å². The number of halogens is 1. The number of benzene rings is 1. The summed E-state index contributed by atoms with van der Waals surface area (Å²) in [7, 11) is 0. The van der Waals surface area contributed by atoms with Crippen molar-refractivity contribution in [2.24, 2.45) is 0 Å². The average molecular weight is 295 g/mol. The maximum absolute atomic E-state index is 11.0. The van der Waals surface area contributed by atoms with Crippen molar-refractivity contribution in [3.8, 4) is 11.6 Å². The van der Waals surface area contributed by atoms with Gasteiger partial charge in [-0.25, -0.2) is 9.78 Å². The Bertz CT molecular complexity index is 672. The predicted octanol–water partition coefficient (Wildman–Crippen LogP) is 3.13. The Morgan fingerprint density at radius 3 is 2.55 bits per heavy atom. The standard InChI is InChI=1S/C12H7ClN2O5/c13-7-1-3-8(4-2-7)20-11-5-9(12(16)17)10(6-14-11)15(18)19/h1-6H,(H,16,17). The van der Waals surface area contributed by atoms with Crippen molar-refractivity contribution in [1.29, 1.82) is 0 Å². The van der Waals surface area contributed by atoms with Gasteiger partial charge in [-0.05, 0) is 24.3 Å². The number of aromatic carboxylic acids is 1. The van der Waals surface area contributed by atoms with Gasteiger partial charge in [-0.15, -0.1) is 0 Å². The van der Waals surface area contributed by atoms with Gasteiger partial charge in [-0.3, -0.25) is 10.1 Å². The van der Waals surface area contributed by atoms with Crippen molar-refractivity contribution in [3.63, 3.8) is 0 Å². The van der Waals surface area contributed by atoms with E-state index in [9.17, 15) is 14.9 Å². The van der Waals surface area contributed by atoms with Crippen molar-refractivity contribution in [2.45, 2.75) is 0 Å². The van der Waals surface area contributed by atoms with E-state index in [4.69, 9.17) is 21.4 Å². The summed E-state index contributed by atoms with van der Waals surface area (Å²) in [6.07, 6.45) is 0.842. The zero-order valence-electron chi connectivity index (χ0n) is 9.82. The summed E-state index contributed by atoms with van der Waals surface area (Å²) in [5.41, 5.74) is -1.09. The predicted molar refractivity (Wildman–Crippen MR) is 69.4 cm³/mol. The molecule has 1 N–H and O–H groups in total. The lowest BCUT2D eigenvalue weighted by Gasteiger charge is -2.05. The second kappa shape index (κ2) is 5.54. The van der Waals surface area contributed by atoms with Gasteiger partial charge in [0.1, 0.15) is 17.5 Å². The molecule has 2 rings (SSSR count). The van der Waals surface area contributed by atoms with Gasteiger partial charge >= 0.3 is 11.7 Å². The molecule has 0 aliphatic rings. The molecule has 0 bridgehead atoms. The Labute approximate surface area is 117 Å². The highest BCUT2D eigenvalue weighted by Crippen LogP contribution is 2.26. The molecule has 20 heavy (non-hydrogen) atoms. The maximum atomic E-state index is 11.0. The molecule has 0 amide bonds. The third-order valence-corrected chi connectivity index (χ3v) is 2.57. The van der Waals surface area contributed by atoms with E-state index < -0.39 is 22.1 Å². The molecule has 0 fully saturated rings. The summed E-state index contributed by atoms with van der Waals surface area (Å²) < 4.78 is 5.30. The lowest BCUT2D eigenvalue weighted by atomic mass is 10.2. The number of carboxylic acid groups (broad SMARTS) is 1. The molecule has 0 aliphatic heterocycles. The van der Waals surface area contributed by atoms with Crippen LogP contribution in [-0.4, -0.2) is 21.0 Å². The number of nitrogens with zero attached hydrogens (tertiary/aromatic N) is 2. The summed E-state index contributed by atoms with van der Waals surface area (Å²) in [4.78, 5) is 24.5. The maximum Gasteiger partial charge on any atom is 0.342 e. The van der Waals surface area contributed by atoms with Crippen molar-refractivity contribution >= 4 is 23.3 Å². The number of ether oxygens (including phenoxy) is 1. The first-order chi connectivity index (χ1) is 9.47. The van der Waals surface area contributed by atoms with E-state index >= 15 is 0 Å². The van der Waals surface area contributed by atoms with Crippen molar-refractivity contribution < 1.29 is 19.6 Å². The lowest BCUT2D eigenvalue weighted by Crippen LogP contribution is -2.04. The first kappa shape index (κ1) is 13.8. The first-order valence-electron chi connectivity index (χ1n) is 5.28. The molecular weight excluding hydrogens is 288 g/mol. The minimum Gasteiger partial charge on any atom is -0.477 e. The zero-order chi connectivity index (χ0) is 14.7. The van der Waals surface area contributed by atoms with Gasteiger partial charge in [0.05, 0.1) is 4.92 Å². The van der Waals surface area contributed by atoms with Crippen LogP contribution < -0.4 is 4.74 Å². The molecule has 7 nitrogen and oxygen atoms in total. The summed E-state index contributed by atoms with van der Waals surface area (Å²) in [6.45, 7) is 0. The molecule has 0 unspecified atom stereocenters. The number of rotatable bonds is 4. The van der Waals surface area contributed by atoms with E-state index in [0.29, 0.717) is 10.8 Å². The van der Waals surface area contributed by atoms with Crippen LogP contribution >= 0.6 is 11.6 Å². The van der Waals surface area contributed by atoms with E-state index in [1.807, 2.05) is 0 Å². The third kappa shape index (κ3) is 3.01. The van der Waals surface area contributed by atoms with Gasteiger partial charge in [0, 0.05) is 11.1 Å². The Morgan fingerprint density at radius 1 is 1.35 bits per heavy atom. The van der Waals surface area contributed by atoms with Crippen LogP contribution in [0.25, 0.3) is 0 Å². The largest absolute Gasteiger partial charge is 0.477 e.